The van der Waals surface area contributed by atoms with Crippen LogP contribution in [0.1, 0.15) is 108 Å². The first kappa shape index (κ1) is 21.1. The van der Waals surface area contributed by atoms with Crippen LogP contribution in [0.15, 0.2) is 24.3 Å². The number of hydrogen-bond donors (Lipinski definition) is 0. The highest BCUT2D eigenvalue weighted by molar-refractivity contribution is 5.36. The minimum atomic E-state index is 0.938. The molecule has 1 fully saturated rings. The second-order valence-electron chi connectivity index (χ2n) is 8.38. The number of hydrogen-bond acceptors (Lipinski definition) is 0. The highest BCUT2D eigenvalue weighted by Gasteiger charge is 2.20. The normalized spacial score (nSPS) is 19.8. The van der Waals surface area contributed by atoms with Gasteiger partial charge in [0.05, 0.1) is 0 Å². The van der Waals surface area contributed by atoms with E-state index >= 15 is 0 Å². The van der Waals surface area contributed by atoms with Crippen molar-refractivity contribution < 1.29 is 0 Å². The van der Waals surface area contributed by atoms with Gasteiger partial charge in [0, 0.05) is 12.0 Å². The van der Waals surface area contributed by atoms with E-state index in [1.165, 1.54) is 94.6 Å². The zero-order chi connectivity index (χ0) is 18.5. The van der Waals surface area contributed by atoms with Gasteiger partial charge in [-0.15, -0.1) is 0 Å². The van der Waals surface area contributed by atoms with Crippen molar-refractivity contribution in [1.29, 1.82) is 0 Å². The van der Waals surface area contributed by atoms with Crippen molar-refractivity contribution in [3.05, 3.63) is 35.4 Å². The summed E-state index contributed by atoms with van der Waals surface area (Å²) >= 11 is 0. The Bertz CT molecular complexity index is 519. The van der Waals surface area contributed by atoms with Crippen molar-refractivity contribution in [3.8, 4) is 11.8 Å². The average molecular weight is 353 g/mol. The van der Waals surface area contributed by atoms with E-state index in [1.54, 1.807) is 0 Å². The Kier molecular flexibility index (Phi) is 10.6. The van der Waals surface area contributed by atoms with Gasteiger partial charge in [-0.05, 0) is 48.8 Å². The minimum absolute atomic E-state index is 0.938. The summed E-state index contributed by atoms with van der Waals surface area (Å²) in [4.78, 5) is 0. The molecule has 0 aliphatic heterocycles. The number of aryl methyl sites for hydroxylation is 1. The molecule has 1 aliphatic rings. The average Bonchev–Trinajstić information content (AvgIpc) is 2.68. The first-order valence-electron chi connectivity index (χ1n) is 11.4. The maximum atomic E-state index is 3.42. The van der Waals surface area contributed by atoms with E-state index < -0.39 is 0 Å². The number of unbranched alkanes of at least 4 members (excludes halogenated alkanes) is 4. The van der Waals surface area contributed by atoms with Crippen LogP contribution in [-0.2, 0) is 6.42 Å². The van der Waals surface area contributed by atoms with E-state index in [0.29, 0.717) is 0 Å². The van der Waals surface area contributed by atoms with Gasteiger partial charge in [0.1, 0.15) is 0 Å². The molecule has 144 valence electrons. The Hall–Kier alpha value is -1.22. The van der Waals surface area contributed by atoms with Crippen LogP contribution in [0.2, 0.25) is 0 Å². The predicted octanol–water partition coefficient (Wildman–Crippen LogP) is 7.94. The smallest absolute Gasteiger partial charge is 0.0245 e. The van der Waals surface area contributed by atoms with Crippen LogP contribution in [0, 0.1) is 23.7 Å². The third kappa shape index (κ3) is 8.44. The molecule has 1 saturated carbocycles. The SMILES string of the molecule is CCCCCc1ccc(C#CCCC2CCC(CCCCC)CC2)cc1. The van der Waals surface area contributed by atoms with Gasteiger partial charge in [-0.25, -0.2) is 0 Å². The lowest BCUT2D eigenvalue weighted by Crippen LogP contribution is -2.14. The Labute approximate surface area is 163 Å². The Morgan fingerprint density at radius 2 is 1.38 bits per heavy atom. The zero-order valence-electron chi connectivity index (χ0n) is 17.4. The summed E-state index contributed by atoms with van der Waals surface area (Å²) in [5, 5.41) is 0. The van der Waals surface area contributed by atoms with Crippen LogP contribution in [0.25, 0.3) is 0 Å². The third-order valence-electron chi connectivity index (χ3n) is 6.12. The molecule has 0 spiro atoms. The Balaban J connectivity index is 1.61. The fraction of sp³-hybridized carbons (Fsp3) is 0.692. The lowest BCUT2D eigenvalue weighted by molar-refractivity contribution is 0.250. The maximum Gasteiger partial charge on any atom is 0.0245 e. The van der Waals surface area contributed by atoms with E-state index in [0.717, 1.165) is 18.3 Å². The van der Waals surface area contributed by atoms with Gasteiger partial charge in [0.25, 0.3) is 0 Å². The summed E-state index contributed by atoms with van der Waals surface area (Å²) in [6.45, 7) is 4.57. The highest BCUT2D eigenvalue weighted by atomic mass is 14.3. The highest BCUT2D eigenvalue weighted by Crippen LogP contribution is 2.34. The number of benzene rings is 1. The summed E-state index contributed by atoms with van der Waals surface area (Å²) in [7, 11) is 0. The molecule has 0 bridgehead atoms. The molecule has 1 aromatic rings. The van der Waals surface area contributed by atoms with Gasteiger partial charge in [-0.1, -0.05) is 102 Å². The van der Waals surface area contributed by atoms with Gasteiger partial charge in [0.2, 0.25) is 0 Å². The monoisotopic (exact) mass is 352 g/mol. The van der Waals surface area contributed by atoms with E-state index in [9.17, 15) is 0 Å². The van der Waals surface area contributed by atoms with Crippen molar-refractivity contribution in [1.82, 2.24) is 0 Å². The minimum Gasteiger partial charge on any atom is -0.0979 e. The number of rotatable bonds is 10. The van der Waals surface area contributed by atoms with Crippen molar-refractivity contribution in [3.63, 3.8) is 0 Å². The molecule has 0 N–H and O–H groups in total. The van der Waals surface area contributed by atoms with E-state index in [4.69, 9.17) is 0 Å². The van der Waals surface area contributed by atoms with Crippen LogP contribution < -0.4 is 0 Å². The molecule has 0 heteroatoms. The molecule has 0 nitrogen and oxygen atoms in total. The summed E-state index contributed by atoms with van der Waals surface area (Å²) in [5.74, 6) is 8.76. The molecular formula is C26H40. The molecule has 0 amide bonds. The zero-order valence-corrected chi connectivity index (χ0v) is 17.4. The summed E-state index contributed by atoms with van der Waals surface area (Å²) in [6, 6.07) is 8.94. The standard InChI is InChI=1S/C26H40/c1-3-5-7-11-23-15-19-25(20-16-23)13-9-10-14-26-21-17-24(18-22-26)12-8-6-4-2/h17-18,21-23,25H,3-9,11-13,15-16,19-20H2,1-2H3. The molecular weight excluding hydrogens is 312 g/mol. The van der Waals surface area contributed by atoms with Gasteiger partial charge in [-0.2, -0.15) is 0 Å². The molecule has 0 heterocycles. The maximum absolute atomic E-state index is 3.42. The quantitative estimate of drug-likeness (QED) is 0.296. The first-order chi connectivity index (χ1) is 12.8. The Morgan fingerprint density at radius 3 is 2.04 bits per heavy atom. The van der Waals surface area contributed by atoms with Crippen molar-refractivity contribution in [2.75, 3.05) is 0 Å². The van der Waals surface area contributed by atoms with Gasteiger partial charge in [0.15, 0.2) is 0 Å². The molecule has 0 unspecified atom stereocenters. The topological polar surface area (TPSA) is 0 Å². The lowest BCUT2D eigenvalue weighted by atomic mass is 9.78. The first-order valence-corrected chi connectivity index (χ1v) is 11.4. The molecule has 0 saturated heterocycles. The van der Waals surface area contributed by atoms with E-state index in [2.05, 4.69) is 50.0 Å². The second kappa shape index (κ2) is 13.0. The van der Waals surface area contributed by atoms with E-state index in [1.807, 2.05) is 0 Å². The van der Waals surface area contributed by atoms with Crippen LogP contribution in [0.4, 0.5) is 0 Å². The van der Waals surface area contributed by atoms with Crippen molar-refractivity contribution >= 4 is 0 Å². The van der Waals surface area contributed by atoms with Crippen LogP contribution >= 0.6 is 0 Å². The summed E-state index contributed by atoms with van der Waals surface area (Å²) < 4.78 is 0. The molecule has 1 aliphatic carbocycles. The van der Waals surface area contributed by atoms with Gasteiger partial charge in [-0.3, -0.25) is 0 Å². The van der Waals surface area contributed by atoms with Gasteiger partial charge < -0.3 is 0 Å². The van der Waals surface area contributed by atoms with Crippen molar-refractivity contribution in [2.24, 2.45) is 11.8 Å². The second-order valence-corrected chi connectivity index (χ2v) is 8.38. The molecule has 0 radical (unpaired) electrons. The molecule has 0 atom stereocenters. The lowest BCUT2D eigenvalue weighted by Gasteiger charge is -2.28. The predicted molar refractivity (Wildman–Crippen MR) is 115 cm³/mol. The largest absolute Gasteiger partial charge is 0.0979 e. The van der Waals surface area contributed by atoms with Crippen LogP contribution in [0.5, 0.6) is 0 Å². The van der Waals surface area contributed by atoms with Gasteiger partial charge >= 0.3 is 0 Å². The third-order valence-corrected chi connectivity index (χ3v) is 6.12. The van der Waals surface area contributed by atoms with Crippen molar-refractivity contribution in [2.45, 2.75) is 104 Å². The fourth-order valence-electron chi connectivity index (χ4n) is 4.27. The molecule has 0 aromatic heterocycles. The molecule has 1 aromatic carbocycles. The molecule has 2 rings (SSSR count). The molecule has 26 heavy (non-hydrogen) atoms. The fourth-order valence-corrected chi connectivity index (χ4v) is 4.27. The van der Waals surface area contributed by atoms with Crippen LogP contribution in [-0.4, -0.2) is 0 Å². The van der Waals surface area contributed by atoms with E-state index in [-0.39, 0.29) is 0 Å². The Morgan fingerprint density at radius 1 is 0.769 bits per heavy atom. The van der Waals surface area contributed by atoms with Crippen LogP contribution in [0.3, 0.4) is 0 Å². The summed E-state index contributed by atoms with van der Waals surface area (Å²) in [5.41, 5.74) is 2.64. The summed E-state index contributed by atoms with van der Waals surface area (Å²) in [6.07, 6.45) is 19.1.